The lowest BCUT2D eigenvalue weighted by molar-refractivity contribution is 0.483. The number of phenols is 1. The topological polar surface area (TPSA) is 20.2 Å². The Kier molecular flexibility index (Phi) is 4.72. The van der Waals surface area contributed by atoms with Crippen LogP contribution in [0.1, 0.15) is 0 Å². The van der Waals surface area contributed by atoms with Crippen LogP contribution in [0, 0.1) is 0 Å². The molecule has 0 spiro atoms. The Morgan fingerprint density at radius 2 is 1.15 bits per heavy atom. The molecule has 1 aromatic rings. The van der Waals surface area contributed by atoms with Gasteiger partial charge >= 0.3 is 0 Å². The van der Waals surface area contributed by atoms with E-state index in [4.69, 9.17) is 0 Å². The summed E-state index contributed by atoms with van der Waals surface area (Å²) in [5.74, 6) is 0.614. The second kappa shape index (κ2) is 5.26. The molecule has 0 fully saturated rings. The fourth-order valence-corrected chi connectivity index (χ4v) is 11.7. The van der Waals surface area contributed by atoms with E-state index in [9.17, 15) is 5.11 Å². The van der Waals surface area contributed by atoms with Crippen molar-refractivity contribution in [2.45, 2.75) is 58.9 Å². The van der Waals surface area contributed by atoms with Crippen LogP contribution in [0.4, 0.5) is 0 Å². The van der Waals surface area contributed by atoms with Gasteiger partial charge in [-0.15, -0.1) is 0 Å². The molecule has 0 aliphatic heterocycles. The Labute approximate surface area is 131 Å². The molecule has 0 amide bonds. The van der Waals surface area contributed by atoms with Gasteiger partial charge in [0.2, 0.25) is 0 Å². The third-order valence-corrected chi connectivity index (χ3v) is 10.5. The lowest BCUT2D eigenvalue weighted by Crippen LogP contribution is -2.64. The van der Waals surface area contributed by atoms with E-state index >= 15 is 0 Å². The Morgan fingerprint density at radius 1 is 0.750 bits per heavy atom. The van der Waals surface area contributed by atoms with E-state index in [0.29, 0.717) is 5.75 Å². The van der Waals surface area contributed by atoms with Gasteiger partial charge in [-0.25, -0.2) is 0 Å². The van der Waals surface area contributed by atoms with Crippen LogP contribution in [0.3, 0.4) is 0 Å². The first-order valence-electron chi connectivity index (χ1n) is 7.30. The van der Waals surface area contributed by atoms with Crippen LogP contribution in [0.25, 0.3) is 0 Å². The second-order valence-corrected chi connectivity index (χ2v) is 24.4. The molecule has 0 aromatic heterocycles. The van der Waals surface area contributed by atoms with Crippen LogP contribution in [0.5, 0.6) is 5.75 Å². The van der Waals surface area contributed by atoms with Crippen molar-refractivity contribution in [3.05, 3.63) is 6.07 Å². The maximum atomic E-state index is 11.0. The zero-order valence-electron chi connectivity index (χ0n) is 14.5. The first kappa shape index (κ1) is 17.9. The van der Waals surface area contributed by atoms with Crippen molar-refractivity contribution in [3.8, 4) is 5.75 Å². The summed E-state index contributed by atoms with van der Waals surface area (Å²) in [5, 5.41) is 16.1. The van der Waals surface area contributed by atoms with E-state index in [1.54, 1.807) is 0 Å². The predicted octanol–water partition coefficient (Wildman–Crippen LogP) is 1.82. The molecule has 5 heteroatoms. The van der Waals surface area contributed by atoms with Crippen LogP contribution in [-0.2, 0) is 0 Å². The summed E-state index contributed by atoms with van der Waals surface area (Å²) in [6.07, 6.45) is 0. The second-order valence-electron chi connectivity index (χ2n) is 8.82. The summed E-state index contributed by atoms with van der Waals surface area (Å²) in [4.78, 5) is 0. The van der Waals surface area contributed by atoms with Crippen LogP contribution >= 0.6 is 0 Å². The van der Waals surface area contributed by atoms with E-state index in [-0.39, 0.29) is 0 Å². The number of aromatic hydroxyl groups is 1. The summed E-state index contributed by atoms with van der Waals surface area (Å²) < 4.78 is 0. The Morgan fingerprint density at radius 3 is 1.45 bits per heavy atom. The van der Waals surface area contributed by atoms with E-state index in [1.165, 1.54) is 20.7 Å². The molecule has 1 N–H and O–H groups in total. The Hall–Kier alpha value is -0.112. The molecule has 0 aliphatic carbocycles. The van der Waals surface area contributed by atoms with Crippen molar-refractivity contribution in [1.29, 1.82) is 0 Å². The molecule has 0 heterocycles. The van der Waals surface area contributed by atoms with Crippen molar-refractivity contribution in [2.24, 2.45) is 0 Å². The van der Waals surface area contributed by atoms with Gasteiger partial charge in [0.25, 0.3) is 0 Å². The molecule has 0 aliphatic rings. The molecule has 0 atom stereocenters. The van der Waals surface area contributed by atoms with Gasteiger partial charge in [-0.1, -0.05) is 75.4 Å². The van der Waals surface area contributed by atoms with E-state index < -0.39 is 24.2 Å². The zero-order chi connectivity index (χ0) is 16.1. The summed E-state index contributed by atoms with van der Waals surface area (Å²) in [6, 6.07) is 2.20. The molecule has 1 nitrogen and oxygen atoms in total. The quantitative estimate of drug-likeness (QED) is 0.834. The molecule has 3 radical (unpaired) electrons. The fraction of sp³-hybridized carbons (Fsp3) is 0.600. The van der Waals surface area contributed by atoms with Gasteiger partial charge in [0, 0.05) is 0 Å². The van der Waals surface area contributed by atoms with Crippen molar-refractivity contribution in [2.75, 3.05) is 0 Å². The molecule has 1 rings (SSSR count). The third kappa shape index (κ3) is 3.55. The SMILES string of the molecule is C[Si](C)(C)c1cc([Si])c([Si](C)(C)C)c([Si](C)(C)C)c1O. The normalized spacial score (nSPS) is 13.7. The molecule has 1 aromatic carbocycles. The number of rotatable bonds is 3. The van der Waals surface area contributed by atoms with Gasteiger partial charge in [-0.2, -0.15) is 0 Å². The van der Waals surface area contributed by atoms with E-state index in [2.05, 4.69) is 75.2 Å². The number of benzene rings is 1. The lowest BCUT2D eigenvalue weighted by atomic mass is 10.3. The Bertz CT molecular complexity index is 517. The highest BCUT2D eigenvalue weighted by molar-refractivity contribution is 7.01. The zero-order valence-corrected chi connectivity index (χ0v) is 18.5. The van der Waals surface area contributed by atoms with Crippen molar-refractivity contribution >= 4 is 55.2 Å². The van der Waals surface area contributed by atoms with Crippen LogP contribution in [0.15, 0.2) is 6.07 Å². The molecule has 0 bridgehead atoms. The van der Waals surface area contributed by atoms with Crippen molar-refractivity contribution in [3.63, 3.8) is 0 Å². The van der Waals surface area contributed by atoms with E-state index in [1.807, 2.05) is 0 Å². The fourth-order valence-electron chi connectivity index (χ4n) is 2.75. The summed E-state index contributed by atoms with van der Waals surface area (Å²) in [7, 11) is -0.768. The van der Waals surface area contributed by atoms with Crippen LogP contribution in [-0.4, -0.2) is 39.6 Å². The Balaban J connectivity index is 3.88. The highest BCUT2D eigenvalue weighted by Gasteiger charge is 2.35. The summed E-state index contributed by atoms with van der Waals surface area (Å²) >= 11 is 0. The molecule has 0 saturated heterocycles. The third-order valence-electron chi connectivity index (χ3n) is 3.61. The van der Waals surface area contributed by atoms with Gasteiger partial charge in [0.05, 0.1) is 34.5 Å². The van der Waals surface area contributed by atoms with Crippen LogP contribution < -0.4 is 20.7 Å². The van der Waals surface area contributed by atoms with Gasteiger partial charge in [-0.05, 0) is 10.4 Å². The first-order chi connectivity index (χ1) is 8.67. The van der Waals surface area contributed by atoms with Crippen LogP contribution in [0.2, 0.25) is 58.9 Å². The average molecular weight is 338 g/mol. The number of phenolic OH excluding ortho intramolecular Hbond substituents is 1. The van der Waals surface area contributed by atoms with Crippen molar-refractivity contribution in [1.82, 2.24) is 0 Å². The van der Waals surface area contributed by atoms with Gasteiger partial charge in [0.15, 0.2) is 0 Å². The largest absolute Gasteiger partial charge is 0.508 e. The van der Waals surface area contributed by atoms with Gasteiger partial charge in [0.1, 0.15) is 5.75 Å². The standard InChI is InChI=1S/C15H29OSi4/c1-18(2,3)12-10-11(17)14(19(4,5)6)15(13(12)16)20(7,8)9/h10,16H,1-9H3. The minimum Gasteiger partial charge on any atom is -0.508 e. The molecule has 0 unspecified atom stereocenters. The highest BCUT2D eigenvalue weighted by Crippen LogP contribution is 2.16. The molecule has 0 saturated carbocycles. The minimum atomic E-state index is -1.60. The average Bonchev–Trinajstić information content (AvgIpc) is 2.14. The minimum absolute atomic E-state index is 0.614. The van der Waals surface area contributed by atoms with Crippen molar-refractivity contribution < 1.29 is 5.11 Å². The highest BCUT2D eigenvalue weighted by atomic mass is 28.3. The molecular formula is C15H29OSi4. The maximum absolute atomic E-state index is 11.0. The summed E-state index contributed by atoms with van der Waals surface area (Å²) in [5.41, 5.74) is 0. The molecular weight excluding hydrogens is 309 g/mol. The maximum Gasteiger partial charge on any atom is 0.113 e. The first-order valence-corrected chi connectivity index (χ1v) is 18.3. The molecule has 20 heavy (non-hydrogen) atoms. The van der Waals surface area contributed by atoms with E-state index in [0.717, 1.165) is 0 Å². The number of hydrogen-bond acceptors (Lipinski definition) is 1. The predicted molar refractivity (Wildman–Crippen MR) is 102 cm³/mol. The molecule has 111 valence electrons. The van der Waals surface area contributed by atoms with Gasteiger partial charge < -0.3 is 5.11 Å². The van der Waals surface area contributed by atoms with Gasteiger partial charge in [-0.3, -0.25) is 0 Å². The summed E-state index contributed by atoms with van der Waals surface area (Å²) in [6.45, 7) is 21.0. The smallest absolute Gasteiger partial charge is 0.113 e. The number of hydrogen-bond donors (Lipinski definition) is 1. The lowest BCUT2D eigenvalue weighted by Gasteiger charge is -2.34. The monoisotopic (exact) mass is 337 g/mol.